The number of sulfone groups is 1. The topological polar surface area (TPSA) is 49.4 Å². The third kappa shape index (κ3) is 4.93. The van der Waals surface area contributed by atoms with Gasteiger partial charge in [0.05, 0.1) is 5.75 Å². The number of rotatable bonds is 5. The van der Waals surface area contributed by atoms with E-state index in [-0.39, 0.29) is 0 Å². The van der Waals surface area contributed by atoms with E-state index in [1.807, 2.05) is 0 Å². The van der Waals surface area contributed by atoms with Crippen LogP contribution in [-0.4, -0.2) is 58.1 Å². The summed E-state index contributed by atoms with van der Waals surface area (Å²) in [6.45, 7) is 3.04. The molecule has 84 valence electrons. The van der Waals surface area contributed by atoms with Crippen LogP contribution in [0, 0.1) is 0 Å². The number of hydrogen-bond donors (Lipinski definition) is 1. The zero-order valence-corrected chi connectivity index (χ0v) is 9.81. The summed E-state index contributed by atoms with van der Waals surface area (Å²) in [4.78, 5) is 2.29. The van der Waals surface area contributed by atoms with E-state index in [2.05, 4.69) is 17.3 Å². The van der Waals surface area contributed by atoms with Crippen LogP contribution in [0.3, 0.4) is 0 Å². The average Bonchev–Trinajstić information content (AvgIpc) is 2.44. The fraction of sp³-hybridized carbons (Fsp3) is 1.00. The summed E-state index contributed by atoms with van der Waals surface area (Å²) >= 11 is 0. The summed E-state index contributed by atoms with van der Waals surface area (Å²) < 4.78 is 21.7. The number of nitrogens with zero attached hydrogens (tertiary/aromatic N) is 1. The molecule has 1 unspecified atom stereocenters. The van der Waals surface area contributed by atoms with Crippen LogP contribution in [0.2, 0.25) is 0 Å². The molecule has 14 heavy (non-hydrogen) atoms. The first-order valence-corrected chi connectivity index (χ1v) is 7.13. The van der Waals surface area contributed by atoms with Crippen LogP contribution in [0.4, 0.5) is 0 Å². The molecular formula is C9H20N2O2S. The first-order valence-electron chi connectivity index (χ1n) is 5.07. The standard InChI is InChI=1S/C9H20N2O2S/c1-11-6-4-9(8-11)10-5-3-7-14(2,12)13/h9-10H,3-8H2,1-2H3. The van der Waals surface area contributed by atoms with Crippen molar-refractivity contribution in [2.45, 2.75) is 18.9 Å². The number of likely N-dealkylation sites (N-methyl/N-ethyl adjacent to an activating group) is 1. The Morgan fingerprint density at radius 2 is 2.21 bits per heavy atom. The molecule has 0 saturated carbocycles. The van der Waals surface area contributed by atoms with Crippen molar-refractivity contribution in [1.29, 1.82) is 0 Å². The van der Waals surface area contributed by atoms with Gasteiger partial charge >= 0.3 is 0 Å². The maximum atomic E-state index is 10.8. The normalized spacial score (nSPS) is 24.3. The van der Waals surface area contributed by atoms with Gasteiger partial charge < -0.3 is 10.2 Å². The monoisotopic (exact) mass is 220 g/mol. The minimum absolute atomic E-state index is 0.294. The van der Waals surface area contributed by atoms with Crippen molar-refractivity contribution in [2.24, 2.45) is 0 Å². The van der Waals surface area contributed by atoms with Crippen LogP contribution >= 0.6 is 0 Å². The first kappa shape index (κ1) is 11.9. The predicted molar refractivity (Wildman–Crippen MR) is 58.2 cm³/mol. The molecule has 1 saturated heterocycles. The highest BCUT2D eigenvalue weighted by atomic mass is 32.2. The summed E-state index contributed by atoms with van der Waals surface area (Å²) in [5.41, 5.74) is 0. The van der Waals surface area contributed by atoms with Gasteiger partial charge in [-0.15, -0.1) is 0 Å². The first-order chi connectivity index (χ1) is 6.47. The van der Waals surface area contributed by atoms with Gasteiger partial charge in [-0.2, -0.15) is 0 Å². The summed E-state index contributed by atoms with van der Waals surface area (Å²) in [5.74, 6) is 0.294. The number of hydrogen-bond acceptors (Lipinski definition) is 4. The minimum Gasteiger partial charge on any atom is -0.313 e. The lowest BCUT2D eigenvalue weighted by Gasteiger charge is -2.12. The Morgan fingerprint density at radius 3 is 2.71 bits per heavy atom. The molecule has 0 bridgehead atoms. The lowest BCUT2D eigenvalue weighted by atomic mass is 10.2. The average molecular weight is 220 g/mol. The zero-order chi connectivity index (χ0) is 10.6. The molecule has 0 amide bonds. The molecule has 1 N–H and O–H groups in total. The van der Waals surface area contributed by atoms with E-state index in [4.69, 9.17) is 0 Å². The second-order valence-corrected chi connectivity index (χ2v) is 6.45. The molecular weight excluding hydrogens is 200 g/mol. The Bertz CT molecular complexity index is 264. The van der Waals surface area contributed by atoms with E-state index < -0.39 is 9.84 Å². The second-order valence-electron chi connectivity index (χ2n) is 4.19. The van der Waals surface area contributed by atoms with E-state index in [9.17, 15) is 8.42 Å². The molecule has 0 aromatic rings. The Hall–Kier alpha value is -0.130. The summed E-state index contributed by atoms with van der Waals surface area (Å²) in [6, 6.07) is 0.555. The molecule has 0 radical (unpaired) electrons. The van der Waals surface area contributed by atoms with Crippen molar-refractivity contribution in [2.75, 3.05) is 38.7 Å². The smallest absolute Gasteiger partial charge is 0.147 e. The highest BCUT2D eigenvalue weighted by molar-refractivity contribution is 7.90. The number of likely N-dealkylation sites (tertiary alicyclic amines) is 1. The van der Waals surface area contributed by atoms with Gasteiger partial charge in [-0.3, -0.25) is 0 Å². The molecule has 1 rings (SSSR count). The van der Waals surface area contributed by atoms with Gasteiger partial charge in [-0.1, -0.05) is 0 Å². The van der Waals surface area contributed by atoms with E-state index in [1.165, 1.54) is 12.7 Å². The van der Waals surface area contributed by atoms with Gasteiger partial charge in [0.15, 0.2) is 0 Å². The summed E-state index contributed by atoms with van der Waals surface area (Å²) in [6.07, 6.45) is 3.19. The van der Waals surface area contributed by atoms with Gasteiger partial charge in [0, 0.05) is 18.8 Å². The second kappa shape index (κ2) is 5.09. The quantitative estimate of drug-likeness (QED) is 0.647. The van der Waals surface area contributed by atoms with Gasteiger partial charge in [-0.25, -0.2) is 8.42 Å². The highest BCUT2D eigenvalue weighted by Gasteiger charge is 2.18. The Balaban J connectivity index is 2.05. The highest BCUT2D eigenvalue weighted by Crippen LogP contribution is 2.05. The predicted octanol–water partition coefficient (Wildman–Crippen LogP) is -0.285. The largest absolute Gasteiger partial charge is 0.313 e. The van der Waals surface area contributed by atoms with Crippen LogP contribution in [-0.2, 0) is 9.84 Å². The van der Waals surface area contributed by atoms with Crippen molar-refractivity contribution in [1.82, 2.24) is 10.2 Å². The van der Waals surface area contributed by atoms with Gasteiger partial charge in [-0.05, 0) is 33.0 Å². The van der Waals surface area contributed by atoms with Crippen molar-refractivity contribution < 1.29 is 8.42 Å². The molecule has 0 aliphatic carbocycles. The number of nitrogens with one attached hydrogen (secondary N) is 1. The van der Waals surface area contributed by atoms with E-state index in [0.29, 0.717) is 11.8 Å². The molecule has 1 aliphatic heterocycles. The Morgan fingerprint density at radius 1 is 1.50 bits per heavy atom. The SMILES string of the molecule is CN1CCC(NCCCS(C)(=O)=O)C1. The van der Waals surface area contributed by atoms with Crippen LogP contribution in [0.5, 0.6) is 0 Å². The van der Waals surface area contributed by atoms with Crippen molar-refractivity contribution in [3.8, 4) is 0 Å². The minimum atomic E-state index is -2.78. The van der Waals surface area contributed by atoms with Crippen molar-refractivity contribution in [3.63, 3.8) is 0 Å². The van der Waals surface area contributed by atoms with Crippen LogP contribution in [0.25, 0.3) is 0 Å². The maximum absolute atomic E-state index is 10.8. The molecule has 5 heteroatoms. The fourth-order valence-corrected chi connectivity index (χ4v) is 2.41. The van der Waals surface area contributed by atoms with Crippen molar-refractivity contribution >= 4 is 9.84 Å². The Labute approximate surface area is 86.6 Å². The van der Waals surface area contributed by atoms with Crippen LogP contribution in [0.1, 0.15) is 12.8 Å². The molecule has 1 aliphatic rings. The third-order valence-electron chi connectivity index (χ3n) is 2.52. The molecule has 4 nitrogen and oxygen atoms in total. The van der Waals surface area contributed by atoms with Crippen molar-refractivity contribution in [3.05, 3.63) is 0 Å². The maximum Gasteiger partial charge on any atom is 0.147 e. The van der Waals surface area contributed by atoms with Crippen LogP contribution in [0.15, 0.2) is 0 Å². The van der Waals surface area contributed by atoms with E-state index >= 15 is 0 Å². The van der Waals surface area contributed by atoms with Gasteiger partial charge in [0.25, 0.3) is 0 Å². The third-order valence-corrected chi connectivity index (χ3v) is 3.55. The Kier molecular flexibility index (Phi) is 4.34. The molecule has 1 fully saturated rings. The molecule has 0 aromatic heterocycles. The lowest BCUT2D eigenvalue weighted by Crippen LogP contribution is -2.32. The van der Waals surface area contributed by atoms with E-state index in [1.54, 1.807) is 0 Å². The molecule has 1 atom stereocenters. The van der Waals surface area contributed by atoms with Gasteiger partial charge in [0.2, 0.25) is 0 Å². The zero-order valence-electron chi connectivity index (χ0n) is 8.99. The summed E-state index contributed by atoms with van der Waals surface area (Å²) in [7, 11) is -0.672. The summed E-state index contributed by atoms with van der Waals surface area (Å²) in [5, 5.41) is 3.38. The fourth-order valence-electron chi connectivity index (χ4n) is 1.74. The molecule has 0 spiro atoms. The van der Waals surface area contributed by atoms with Crippen LogP contribution < -0.4 is 5.32 Å². The molecule has 1 heterocycles. The molecule has 0 aromatic carbocycles. The lowest BCUT2D eigenvalue weighted by molar-refractivity contribution is 0.398. The van der Waals surface area contributed by atoms with E-state index in [0.717, 1.165) is 26.1 Å². The van der Waals surface area contributed by atoms with Gasteiger partial charge in [0.1, 0.15) is 9.84 Å².